The predicted octanol–water partition coefficient (Wildman–Crippen LogP) is 3.54. The molecule has 1 N–H and O–H groups in total. The molecule has 3 aliphatic rings. The van der Waals surface area contributed by atoms with Gasteiger partial charge in [-0.15, -0.1) is 0 Å². The van der Waals surface area contributed by atoms with Crippen LogP contribution in [0.4, 0.5) is 0 Å². The minimum Gasteiger partial charge on any atom is -0.496 e. The van der Waals surface area contributed by atoms with Crippen LogP contribution in [0.3, 0.4) is 0 Å². The number of hydrogen-bond acceptors (Lipinski definition) is 5. The molecule has 2 fully saturated rings. The summed E-state index contributed by atoms with van der Waals surface area (Å²) in [6.45, 7) is 3.98. The Morgan fingerprint density at radius 3 is 2.36 bits per heavy atom. The highest BCUT2D eigenvalue weighted by atomic mass is 16.5. The number of rotatable bonds is 6. The third-order valence-electron chi connectivity index (χ3n) is 8.39. The Morgan fingerprint density at radius 2 is 1.64 bits per heavy atom. The molecule has 0 radical (unpaired) electrons. The van der Waals surface area contributed by atoms with Crippen LogP contribution in [0.25, 0.3) is 0 Å². The van der Waals surface area contributed by atoms with E-state index < -0.39 is 0 Å². The Balaban J connectivity index is 1.35. The van der Waals surface area contributed by atoms with Crippen LogP contribution >= 0.6 is 0 Å². The van der Waals surface area contributed by atoms with E-state index in [2.05, 4.69) is 28.4 Å². The smallest absolute Gasteiger partial charge is 0.255 e. The van der Waals surface area contributed by atoms with E-state index in [9.17, 15) is 9.59 Å². The van der Waals surface area contributed by atoms with Crippen molar-refractivity contribution in [3.63, 3.8) is 0 Å². The van der Waals surface area contributed by atoms with Crippen LogP contribution in [0.1, 0.15) is 59.6 Å². The van der Waals surface area contributed by atoms with Crippen LogP contribution in [-0.4, -0.2) is 74.7 Å². The van der Waals surface area contributed by atoms with E-state index in [0.29, 0.717) is 30.9 Å². The van der Waals surface area contributed by atoms with Crippen LogP contribution in [-0.2, 0) is 14.9 Å². The van der Waals surface area contributed by atoms with Gasteiger partial charge in [0.25, 0.3) is 5.91 Å². The highest BCUT2D eigenvalue weighted by Crippen LogP contribution is 2.52. The molecular formula is C29H37N3O4. The number of nitrogens with one attached hydrogen (secondary N) is 1. The van der Waals surface area contributed by atoms with Crippen molar-refractivity contribution in [3.05, 3.63) is 65.2 Å². The van der Waals surface area contributed by atoms with E-state index in [1.165, 1.54) is 24.8 Å². The first-order valence-electron chi connectivity index (χ1n) is 13.1. The quantitative estimate of drug-likeness (QED) is 0.669. The zero-order chi connectivity index (χ0) is 25.1. The summed E-state index contributed by atoms with van der Waals surface area (Å²) in [6.07, 6.45) is 5.05. The average molecular weight is 492 g/mol. The normalized spacial score (nSPS) is 23.3. The number of para-hydroxylation sites is 1. The van der Waals surface area contributed by atoms with Gasteiger partial charge >= 0.3 is 0 Å². The Morgan fingerprint density at radius 1 is 0.944 bits per heavy atom. The number of nitrogens with zero attached hydrogens (tertiary/aromatic N) is 2. The second-order valence-corrected chi connectivity index (χ2v) is 10.3. The molecular weight excluding hydrogens is 454 g/mol. The Bertz CT molecular complexity index is 1090. The molecule has 2 aliphatic heterocycles. The van der Waals surface area contributed by atoms with E-state index in [1.54, 1.807) is 26.4 Å². The number of carbonyl (C=O) groups excluding carboxylic acids is 2. The predicted molar refractivity (Wildman–Crippen MR) is 138 cm³/mol. The molecule has 7 heteroatoms. The molecule has 1 aliphatic carbocycles. The van der Waals surface area contributed by atoms with E-state index in [1.807, 2.05) is 23.1 Å². The molecule has 7 nitrogen and oxygen atoms in total. The van der Waals surface area contributed by atoms with Gasteiger partial charge in [0.05, 0.1) is 31.4 Å². The second kappa shape index (κ2) is 10.6. The zero-order valence-electron chi connectivity index (χ0n) is 21.4. The highest BCUT2D eigenvalue weighted by Gasteiger charge is 2.54. The molecule has 192 valence electrons. The number of piperidine rings is 2. The molecule has 0 aromatic heterocycles. The fourth-order valence-corrected chi connectivity index (χ4v) is 6.54. The highest BCUT2D eigenvalue weighted by molar-refractivity contribution is 5.97. The fourth-order valence-electron chi connectivity index (χ4n) is 6.54. The van der Waals surface area contributed by atoms with E-state index >= 15 is 0 Å². The number of hydrogen-bond donors (Lipinski definition) is 1. The summed E-state index contributed by atoms with van der Waals surface area (Å²) in [6, 6.07) is 15.3. The fraction of sp³-hybridized carbons (Fsp3) is 0.517. The lowest BCUT2D eigenvalue weighted by atomic mass is 9.72. The summed E-state index contributed by atoms with van der Waals surface area (Å²) in [7, 11) is 3.30. The maximum atomic E-state index is 13.3. The number of amides is 2. The van der Waals surface area contributed by atoms with Gasteiger partial charge in [0.15, 0.2) is 0 Å². The molecule has 0 saturated carbocycles. The van der Waals surface area contributed by atoms with Crippen molar-refractivity contribution in [3.8, 4) is 5.75 Å². The molecule has 0 unspecified atom stereocenters. The molecule has 2 heterocycles. The van der Waals surface area contributed by atoms with Gasteiger partial charge in [0.1, 0.15) is 5.75 Å². The van der Waals surface area contributed by atoms with Crippen LogP contribution in [0.2, 0.25) is 0 Å². The maximum Gasteiger partial charge on any atom is 0.255 e. The van der Waals surface area contributed by atoms with Crippen molar-refractivity contribution >= 4 is 11.8 Å². The SMILES string of the molecule is COc1ccccc1C(=O)N[C@H]1c2ccccc2C2(CCN(C(=O)CN3CCCCC3)CC2)[C@@H]1OC. The second-order valence-electron chi connectivity index (χ2n) is 10.3. The van der Waals surface area contributed by atoms with Gasteiger partial charge in [-0.25, -0.2) is 0 Å². The van der Waals surface area contributed by atoms with E-state index in [4.69, 9.17) is 9.47 Å². The van der Waals surface area contributed by atoms with Gasteiger partial charge in [-0.1, -0.05) is 42.8 Å². The minimum absolute atomic E-state index is 0.180. The first-order valence-corrected chi connectivity index (χ1v) is 13.1. The molecule has 2 amide bonds. The van der Waals surface area contributed by atoms with Crippen molar-refractivity contribution in [2.24, 2.45) is 0 Å². The minimum atomic E-state index is -0.279. The first kappa shape index (κ1) is 24.8. The lowest BCUT2D eigenvalue weighted by Gasteiger charge is -2.44. The average Bonchev–Trinajstić information content (AvgIpc) is 3.17. The lowest BCUT2D eigenvalue weighted by Crippen LogP contribution is -2.53. The molecule has 5 rings (SSSR count). The van der Waals surface area contributed by atoms with Crippen molar-refractivity contribution < 1.29 is 19.1 Å². The first-order chi connectivity index (χ1) is 17.6. The Kier molecular flexibility index (Phi) is 7.30. The zero-order valence-corrected chi connectivity index (χ0v) is 21.4. The summed E-state index contributed by atoms with van der Waals surface area (Å²) < 4.78 is 11.6. The number of ether oxygens (including phenoxy) is 2. The molecule has 2 atom stereocenters. The molecule has 36 heavy (non-hydrogen) atoms. The monoisotopic (exact) mass is 491 g/mol. The Labute approximate surface area is 213 Å². The number of fused-ring (bicyclic) bond motifs is 2. The van der Waals surface area contributed by atoms with Crippen LogP contribution in [0, 0.1) is 0 Å². The lowest BCUT2D eigenvalue weighted by molar-refractivity contribution is -0.135. The summed E-state index contributed by atoms with van der Waals surface area (Å²) in [5.41, 5.74) is 2.59. The third kappa shape index (κ3) is 4.50. The van der Waals surface area contributed by atoms with Crippen molar-refractivity contribution in [1.29, 1.82) is 0 Å². The standard InChI is InChI=1S/C29H37N3O4/c1-35-24-13-7-5-11-22(24)28(34)30-26-21-10-4-6-12-23(21)29(27(26)36-2)14-18-32(19-15-29)25(33)20-31-16-8-3-9-17-31/h4-7,10-13,26-27H,3,8-9,14-20H2,1-2H3,(H,30,34)/t26-,27+/m0/s1. The summed E-state index contributed by atoms with van der Waals surface area (Å²) in [5.74, 6) is 0.596. The number of methoxy groups -OCH3 is 2. The third-order valence-corrected chi connectivity index (χ3v) is 8.39. The number of carbonyl (C=O) groups is 2. The van der Waals surface area contributed by atoms with Gasteiger partial charge in [-0.2, -0.15) is 0 Å². The van der Waals surface area contributed by atoms with E-state index in [0.717, 1.165) is 31.5 Å². The molecule has 2 saturated heterocycles. The molecule has 1 spiro atoms. The summed E-state index contributed by atoms with van der Waals surface area (Å²) in [4.78, 5) is 30.7. The maximum absolute atomic E-state index is 13.3. The van der Waals surface area contributed by atoms with Gasteiger partial charge in [-0.05, 0) is 62.0 Å². The molecule has 2 aromatic rings. The number of benzene rings is 2. The van der Waals surface area contributed by atoms with Gasteiger partial charge in [-0.3, -0.25) is 14.5 Å². The van der Waals surface area contributed by atoms with Crippen LogP contribution < -0.4 is 10.1 Å². The van der Waals surface area contributed by atoms with Crippen LogP contribution in [0.15, 0.2) is 48.5 Å². The van der Waals surface area contributed by atoms with Gasteiger partial charge < -0.3 is 19.7 Å². The van der Waals surface area contributed by atoms with E-state index in [-0.39, 0.29) is 29.4 Å². The Hall–Kier alpha value is -2.90. The van der Waals surface area contributed by atoms with Crippen LogP contribution in [0.5, 0.6) is 5.75 Å². The van der Waals surface area contributed by atoms with Crippen molar-refractivity contribution in [2.45, 2.75) is 49.7 Å². The van der Waals surface area contributed by atoms with Crippen molar-refractivity contribution in [2.75, 3.05) is 46.9 Å². The van der Waals surface area contributed by atoms with Crippen molar-refractivity contribution in [1.82, 2.24) is 15.1 Å². The summed E-state index contributed by atoms with van der Waals surface area (Å²) in [5, 5.41) is 3.26. The van der Waals surface area contributed by atoms with Gasteiger partial charge in [0, 0.05) is 25.6 Å². The summed E-state index contributed by atoms with van der Waals surface area (Å²) >= 11 is 0. The largest absolute Gasteiger partial charge is 0.496 e. The van der Waals surface area contributed by atoms with Gasteiger partial charge in [0.2, 0.25) is 5.91 Å². The molecule has 0 bridgehead atoms. The molecule has 2 aromatic carbocycles. The topological polar surface area (TPSA) is 71.1 Å². The number of likely N-dealkylation sites (tertiary alicyclic amines) is 2.